The summed E-state index contributed by atoms with van der Waals surface area (Å²) < 4.78 is 51.0. The van der Waals surface area contributed by atoms with Crippen molar-refractivity contribution in [2.24, 2.45) is 0 Å². The van der Waals surface area contributed by atoms with E-state index in [1.54, 1.807) is 14.1 Å². The molecule has 0 saturated heterocycles. The predicted molar refractivity (Wildman–Crippen MR) is 59.9 cm³/mol. The molecule has 1 rings (SSSR count). The summed E-state index contributed by atoms with van der Waals surface area (Å²) in [5, 5.41) is 16.8. The molecule has 1 aromatic carbocycles. The van der Waals surface area contributed by atoms with E-state index in [-0.39, 0.29) is 22.4 Å². The summed E-state index contributed by atoms with van der Waals surface area (Å²) in [7, 11) is 3.38. The summed E-state index contributed by atoms with van der Waals surface area (Å²) >= 11 is 0. The number of hydrogen-bond acceptors (Lipinski definition) is 3. The van der Waals surface area contributed by atoms with E-state index in [4.69, 9.17) is 10.2 Å². The Morgan fingerprint density at radius 3 is 1.23 bits per heavy atom. The Morgan fingerprint density at radius 1 is 0.864 bits per heavy atom. The number of amides is 1. The molecule has 1 aromatic rings. The van der Waals surface area contributed by atoms with Gasteiger partial charge >= 0.3 is 34.3 Å². The van der Waals surface area contributed by atoms with Crippen molar-refractivity contribution < 1.29 is 64.5 Å². The number of aromatic carboxylic acids is 2. The van der Waals surface area contributed by atoms with Crippen LogP contribution < -0.4 is 0 Å². The maximum absolute atomic E-state index is 12.9. The van der Waals surface area contributed by atoms with E-state index in [2.05, 4.69) is 0 Å². The van der Waals surface area contributed by atoms with E-state index in [1.807, 2.05) is 0 Å². The van der Waals surface area contributed by atoms with Gasteiger partial charge in [0.2, 0.25) is 6.41 Å². The molecular formula is C11H9AgF4NO5+. The first-order valence-electron chi connectivity index (χ1n) is 5.00. The number of benzene rings is 1. The van der Waals surface area contributed by atoms with Gasteiger partial charge in [0, 0.05) is 14.1 Å². The van der Waals surface area contributed by atoms with E-state index >= 15 is 0 Å². The smallest absolute Gasteiger partial charge is 0.478 e. The van der Waals surface area contributed by atoms with Crippen LogP contribution in [-0.2, 0) is 27.2 Å². The van der Waals surface area contributed by atoms with Crippen molar-refractivity contribution >= 4 is 18.3 Å². The van der Waals surface area contributed by atoms with Gasteiger partial charge in [0.25, 0.3) is 0 Å². The van der Waals surface area contributed by atoms with Crippen molar-refractivity contribution in [3.05, 3.63) is 34.4 Å². The Hall–Kier alpha value is -1.91. The minimum atomic E-state index is -2.38. The van der Waals surface area contributed by atoms with Crippen molar-refractivity contribution in [1.29, 1.82) is 0 Å². The minimum Gasteiger partial charge on any atom is -0.478 e. The number of halogens is 4. The molecule has 6 nitrogen and oxygen atoms in total. The number of nitrogens with zero attached hydrogens (tertiary/aromatic N) is 1. The zero-order chi connectivity index (χ0) is 16.9. The van der Waals surface area contributed by atoms with Crippen LogP contribution in [-0.4, -0.2) is 47.6 Å². The second-order valence-electron chi connectivity index (χ2n) is 3.69. The number of carbonyl (C=O) groups is 3. The number of carbonyl (C=O) groups excluding carboxylic acids is 1. The van der Waals surface area contributed by atoms with Crippen LogP contribution in [0.4, 0.5) is 17.6 Å². The molecule has 126 valence electrons. The number of carboxylic acid groups (broad SMARTS) is 2. The Morgan fingerprint density at radius 2 is 1.09 bits per heavy atom. The van der Waals surface area contributed by atoms with Crippen molar-refractivity contribution in [3.8, 4) is 0 Å². The van der Waals surface area contributed by atoms with Crippen LogP contribution in [0.2, 0.25) is 0 Å². The van der Waals surface area contributed by atoms with Crippen LogP contribution in [0, 0.1) is 23.3 Å². The third-order valence-corrected chi connectivity index (χ3v) is 1.91. The molecule has 2 N–H and O–H groups in total. The Kier molecular flexibility index (Phi) is 9.33. The number of hydrogen-bond donors (Lipinski definition) is 2. The fourth-order valence-corrected chi connectivity index (χ4v) is 1.03. The molecule has 0 aromatic heterocycles. The van der Waals surface area contributed by atoms with Gasteiger partial charge in [-0.05, 0) is 0 Å². The SMILES string of the molecule is CN(C)C=O.O=C(O)c1c(F)c(F)c(F)c(F)c1C(=O)O.[Ag+]. The van der Waals surface area contributed by atoms with E-state index in [9.17, 15) is 31.9 Å². The van der Waals surface area contributed by atoms with E-state index in [0.29, 0.717) is 0 Å². The first-order chi connectivity index (χ1) is 9.56. The summed E-state index contributed by atoms with van der Waals surface area (Å²) in [5.74, 6) is -13.7. The van der Waals surface area contributed by atoms with Gasteiger partial charge in [0.05, 0.1) is 0 Å². The van der Waals surface area contributed by atoms with Gasteiger partial charge in [-0.2, -0.15) is 0 Å². The first kappa shape index (κ1) is 22.4. The average molecular weight is 419 g/mol. The molecular weight excluding hydrogens is 410 g/mol. The second kappa shape index (κ2) is 9.18. The molecule has 22 heavy (non-hydrogen) atoms. The summed E-state index contributed by atoms with van der Waals surface area (Å²) in [6.07, 6.45) is 0.750. The molecule has 0 bridgehead atoms. The fourth-order valence-electron chi connectivity index (χ4n) is 1.03. The molecule has 0 heterocycles. The summed E-state index contributed by atoms with van der Waals surface area (Å²) in [4.78, 5) is 31.7. The Bertz CT molecular complexity index is 550. The van der Waals surface area contributed by atoms with Crippen molar-refractivity contribution in [3.63, 3.8) is 0 Å². The van der Waals surface area contributed by atoms with Gasteiger partial charge in [0.15, 0.2) is 23.3 Å². The van der Waals surface area contributed by atoms with Gasteiger partial charge in [-0.3, -0.25) is 4.79 Å². The molecule has 0 spiro atoms. The largest absolute Gasteiger partial charge is 1.00 e. The third-order valence-electron chi connectivity index (χ3n) is 1.91. The second-order valence-corrected chi connectivity index (χ2v) is 3.69. The van der Waals surface area contributed by atoms with Crippen LogP contribution in [0.25, 0.3) is 0 Å². The van der Waals surface area contributed by atoms with E-state index < -0.39 is 46.3 Å². The van der Waals surface area contributed by atoms with Crippen LogP contribution >= 0.6 is 0 Å². The Labute approximate surface area is 136 Å². The summed E-state index contributed by atoms with van der Waals surface area (Å²) in [6.45, 7) is 0. The molecule has 0 unspecified atom stereocenters. The molecule has 0 fully saturated rings. The van der Waals surface area contributed by atoms with Crippen LogP contribution in [0.15, 0.2) is 0 Å². The van der Waals surface area contributed by atoms with Crippen LogP contribution in [0.3, 0.4) is 0 Å². The van der Waals surface area contributed by atoms with Gasteiger partial charge in [-0.1, -0.05) is 0 Å². The van der Waals surface area contributed by atoms with Crippen molar-refractivity contribution in [2.45, 2.75) is 0 Å². The fraction of sp³-hybridized carbons (Fsp3) is 0.182. The first-order valence-corrected chi connectivity index (χ1v) is 5.00. The monoisotopic (exact) mass is 418 g/mol. The van der Waals surface area contributed by atoms with Gasteiger partial charge in [-0.15, -0.1) is 0 Å². The normalized spacial score (nSPS) is 9.00. The van der Waals surface area contributed by atoms with Crippen LogP contribution in [0.1, 0.15) is 20.7 Å². The van der Waals surface area contributed by atoms with Gasteiger partial charge < -0.3 is 15.1 Å². The van der Waals surface area contributed by atoms with Crippen LogP contribution in [0.5, 0.6) is 0 Å². The van der Waals surface area contributed by atoms with E-state index in [0.717, 1.165) is 6.41 Å². The van der Waals surface area contributed by atoms with Gasteiger partial charge in [0.1, 0.15) is 11.1 Å². The topological polar surface area (TPSA) is 94.9 Å². The third kappa shape index (κ3) is 5.13. The molecule has 0 aliphatic rings. The van der Waals surface area contributed by atoms with Gasteiger partial charge in [-0.25, -0.2) is 27.2 Å². The molecule has 11 heteroatoms. The molecule has 0 aliphatic carbocycles. The molecule has 0 saturated carbocycles. The molecule has 0 aliphatic heterocycles. The summed E-state index contributed by atoms with van der Waals surface area (Å²) in [6, 6.07) is 0. The summed E-state index contributed by atoms with van der Waals surface area (Å²) in [5.41, 5.74) is -3.52. The van der Waals surface area contributed by atoms with Crippen molar-refractivity contribution in [1.82, 2.24) is 4.90 Å². The molecule has 0 atom stereocenters. The average Bonchev–Trinajstić information content (AvgIpc) is 2.39. The quantitative estimate of drug-likeness (QED) is 0.254. The zero-order valence-corrected chi connectivity index (χ0v) is 12.4. The maximum atomic E-state index is 12.9. The number of carboxylic acids is 2. The molecule has 0 radical (unpaired) electrons. The predicted octanol–water partition coefficient (Wildman–Crippen LogP) is 1.34. The number of rotatable bonds is 3. The maximum Gasteiger partial charge on any atom is 1.00 e. The van der Waals surface area contributed by atoms with Crippen molar-refractivity contribution in [2.75, 3.05) is 14.1 Å². The molecule has 1 amide bonds. The standard InChI is InChI=1S/C8H2F4O4.C3H7NO.Ag/c9-3-1(7(13)14)2(8(15)16)4(10)6(12)5(3)11;1-4(2)3-5;/h(H,13,14)(H,15,16);3H,1-2H3;/q;;+1. The zero-order valence-electron chi connectivity index (χ0n) is 11.0. The van der Waals surface area contributed by atoms with E-state index in [1.165, 1.54) is 4.90 Å². The Balaban J connectivity index is 0. The minimum absolute atomic E-state index is 0.